The van der Waals surface area contributed by atoms with E-state index in [4.69, 9.17) is 38.5 Å². The number of ether oxygens (including phenoxy) is 6. The molecule has 4 heterocycles. The van der Waals surface area contributed by atoms with Crippen molar-refractivity contribution in [3.05, 3.63) is 101 Å². The predicted octanol–water partition coefficient (Wildman–Crippen LogP) is 7.99. The van der Waals surface area contributed by atoms with Crippen LogP contribution in [0, 0.1) is 6.08 Å². The number of carbonyl (C=O) groups is 2. The first-order valence-corrected chi connectivity index (χ1v) is 20.6. The van der Waals surface area contributed by atoms with Crippen LogP contribution < -0.4 is 14.2 Å². The number of halogens is 1. The van der Waals surface area contributed by atoms with E-state index >= 15 is 0 Å². The Morgan fingerprint density at radius 2 is 1.28 bits per heavy atom. The van der Waals surface area contributed by atoms with Gasteiger partial charge >= 0.3 is 19.3 Å². The van der Waals surface area contributed by atoms with E-state index in [1.54, 1.807) is 47.5 Å². The lowest BCUT2D eigenvalue weighted by atomic mass is 9.76. The van der Waals surface area contributed by atoms with Gasteiger partial charge in [0.2, 0.25) is 17.5 Å². The molecule has 1 aliphatic carbocycles. The number of nitrogens with zero attached hydrogens (tertiary/aromatic N) is 4. The number of carbonyl (C=O) groups excluding carboxylic acids is 2. The maximum Gasteiger partial charge on any atom is 0.531 e. The van der Waals surface area contributed by atoms with Crippen molar-refractivity contribution in [3.63, 3.8) is 0 Å². The van der Waals surface area contributed by atoms with Crippen molar-refractivity contribution in [2.24, 2.45) is 0 Å². The number of hydrogen-bond acceptors (Lipinski definition) is 12. The normalized spacial score (nSPS) is 15.7. The lowest BCUT2D eigenvalue weighted by Crippen LogP contribution is -2.44. The molecule has 2 fully saturated rings. The van der Waals surface area contributed by atoms with E-state index in [2.05, 4.69) is 32.0 Å². The molecular weight excluding hydrogens is 835 g/mol. The van der Waals surface area contributed by atoms with E-state index < -0.39 is 18.3 Å². The van der Waals surface area contributed by atoms with Gasteiger partial charge in [-0.3, -0.25) is 0 Å². The van der Waals surface area contributed by atoms with Crippen LogP contribution in [0.3, 0.4) is 0 Å². The highest BCUT2D eigenvalue weighted by Gasteiger charge is 2.30. The zero-order valence-corrected chi connectivity index (χ0v) is 37.3. The van der Waals surface area contributed by atoms with Gasteiger partial charge in [0.15, 0.2) is 5.47 Å². The first kappa shape index (κ1) is 47.5. The largest absolute Gasteiger partial charge is 0.531 e. The average Bonchev–Trinajstić information content (AvgIpc) is 3.20. The summed E-state index contributed by atoms with van der Waals surface area (Å²) in [7, 11) is 1.61. The monoisotopic (exact) mass is 891 g/mol. The minimum Gasteiger partial charge on any atom is -0.496 e. The van der Waals surface area contributed by atoms with Gasteiger partial charge in [-0.15, -0.1) is 0 Å². The molecule has 2 aromatic heterocycles. The van der Waals surface area contributed by atoms with Crippen LogP contribution >= 0.6 is 15.9 Å². The van der Waals surface area contributed by atoms with E-state index in [9.17, 15) is 9.59 Å². The quantitative estimate of drug-likeness (QED) is 0.166. The van der Waals surface area contributed by atoms with Crippen LogP contribution in [0.2, 0.25) is 0 Å². The predicted molar refractivity (Wildman–Crippen MR) is 232 cm³/mol. The highest BCUT2D eigenvalue weighted by atomic mass is 79.9. The van der Waals surface area contributed by atoms with Gasteiger partial charge in [-0.05, 0) is 65.3 Å². The molecule has 3 aliphatic rings. The molecule has 6 rings (SSSR count). The minimum atomic E-state index is -1.52. The molecule has 322 valence electrons. The Morgan fingerprint density at radius 3 is 1.75 bits per heavy atom. The second-order valence-electron chi connectivity index (χ2n) is 16.0. The van der Waals surface area contributed by atoms with E-state index in [0.29, 0.717) is 43.7 Å². The Labute approximate surface area is 362 Å². The summed E-state index contributed by atoms with van der Waals surface area (Å²) in [5.41, 5.74) is 1.32. The lowest BCUT2D eigenvalue weighted by molar-refractivity contribution is 0.0111. The van der Waals surface area contributed by atoms with Gasteiger partial charge in [-0.2, -0.15) is 0 Å². The summed E-state index contributed by atoms with van der Waals surface area (Å²) >= 11 is 3.39. The van der Waals surface area contributed by atoms with Gasteiger partial charge in [-0.1, -0.05) is 34.1 Å². The van der Waals surface area contributed by atoms with Crippen LogP contribution in [0.15, 0.2) is 94.9 Å². The number of methoxy groups -OCH3 is 2. The summed E-state index contributed by atoms with van der Waals surface area (Å²) in [5, 5.41) is 17.6. The van der Waals surface area contributed by atoms with Crippen LogP contribution in [-0.2, 0) is 14.2 Å². The van der Waals surface area contributed by atoms with Crippen LogP contribution in [0.1, 0.15) is 67.2 Å². The standard InChI is InChI=1S/C22H28N2O4.C15H21BrN2O3.C7H8BO3/c1-22(2,3)28-21(25)24-13-10-17(11-14-24)27-20-15-16(9-12-23-20)18-7-5-6-8-19(18)26-4;1-15(2,3)21-14(19)18-8-5-12(6-9-18)20-13-10-11(16)4-7-17-13;1-11-7-5-3-2-4-6(7)8(9)10/h5-9,12,15,17H,10-11,13-14H2,1-4H3;4,7,10,12H,5-6,8-9H2,1-3H3;2-3,5,9-10H,1H3/q;;+1. The molecule has 2 amide bonds. The summed E-state index contributed by atoms with van der Waals surface area (Å²) in [4.78, 5) is 36.2. The smallest absolute Gasteiger partial charge is 0.496 e. The Bertz CT molecular complexity index is 1950. The molecule has 16 heteroatoms. The molecule has 0 unspecified atom stereocenters. The molecule has 0 saturated carbocycles. The number of benzene rings is 1. The fourth-order valence-corrected chi connectivity index (χ4v) is 6.41. The van der Waals surface area contributed by atoms with E-state index in [1.165, 1.54) is 7.11 Å². The Morgan fingerprint density at radius 1 is 0.767 bits per heavy atom. The van der Waals surface area contributed by atoms with E-state index in [-0.39, 0.29) is 29.9 Å². The van der Waals surface area contributed by atoms with Crippen molar-refractivity contribution < 1.29 is 48.1 Å². The SMILES string of the molecule is CC(C)(C)OC(=O)N1CCC(Oc2cc(Br)ccn2)CC1.COC1=CC=C[C+]=C1B(O)O.COc1ccccc1-c1ccnc(OC2CCN(C(=O)OC(C)(C)C)CC2)c1. The van der Waals surface area contributed by atoms with Gasteiger partial charge in [0, 0.05) is 92.5 Å². The van der Waals surface area contributed by atoms with Crippen molar-refractivity contribution in [2.75, 3.05) is 40.4 Å². The summed E-state index contributed by atoms with van der Waals surface area (Å²) in [6.45, 7) is 13.8. The molecule has 2 aliphatic heterocycles. The second kappa shape index (κ2) is 22.5. The fraction of sp³-hybridized carbons (Fsp3) is 0.455. The first-order valence-electron chi connectivity index (χ1n) is 19.9. The third-order valence-corrected chi connectivity index (χ3v) is 9.43. The third-order valence-electron chi connectivity index (χ3n) is 8.94. The summed E-state index contributed by atoms with van der Waals surface area (Å²) in [6.07, 6.45) is 13.7. The molecule has 0 atom stereocenters. The number of pyridine rings is 2. The number of para-hydroxylation sites is 1. The molecule has 1 aromatic carbocycles. The van der Waals surface area contributed by atoms with Crippen molar-refractivity contribution in [3.8, 4) is 28.6 Å². The minimum absolute atomic E-state index is 0.0269. The van der Waals surface area contributed by atoms with Crippen molar-refractivity contribution >= 4 is 35.2 Å². The maximum atomic E-state index is 12.2. The highest BCUT2D eigenvalue weighted by molar-refractivity contribution is 9.10. The zero-order valence-electron chi connectivity index (χ0n) is 35.7. The number of allylic oxidation sites excluding steroid dienone is 5. The molecule has 2 saturated heterocycles. The topological polar surface area (TPSA) is 162 Å². The summed E-state index contributed by atoms with van der Waals surface area (Å²) in [6, 6.07) is 15.4. The molecule has 0 spiro atoms. The van der Waals surface area contributed by atoms with Gasteiger partial charge < -0.3 is 48.3 Å². The number of rotatable bonds is 8. The zero-order chi connectivity index (χ0) is 43.9. The van der Waals surface area contributed by atoms with Crippen molar-refractivity contribution in [1.29, 1.82) is 0 Å². The summed E-state index contributed by atoms with van der Waals surface area (Å²) < 4.78 is 34.0. The van der Waals surface area contributed by atoms with Crippen molar-refractivity contribution in [2.45, 2.75) is 90.6 Å². The van der Waals surface area contributed by atoms with Crippen molar-refractivity contribution in [1.82, 2.24) is 19.8 Å². The van der Waals surface area contributed by atoms with Gasteiger partial charge in [-0.25, -0.2) is 19.6 Å². The molecule has 0 bridgehead atoms. The molecule has 2 N–H and O–H groups in total. The van der Waals surface area contributed by atoms with Gasteiger partial charge in [0.25, 0.3) is 0 Å². The van der Waals surface area contributed by atoms with Crippen LogP contribution in [0.5, 0.6) is 17.5 Å². The lowest BCUT2D eigenvalue weighted by Gasteiger charge is -2.33. The Kier molecular flexibility index (Phi) is 17.8. The van der Waals surface area contributed by atoms with E-state index in [0.717, 1.165) is 47.0 Å². The van der Waals surface area contributed by atoms with Crippen LogP contribution in [-0.4, -0.2) is 113 Å². The Hall–Kier alpha value is -5.15. The maximum absolute atomic E-state index is 12.2. The second-order valence-corrected chi connectivity index (χ2v) is 16.9. The number of piperidine rings is 2. The number of hydrogen-bond donors (Lipinski definition) is 2. The fourth-order valence-electron chi connectivity index (χ4n) is 6.10. The molecule has 3 aromatic rings. The van der Waals surface area contributed by atoms with E-state index in [1.807, 2.05) is 90.1 Å². The average molecular weight is 893 g/mol. The first-order chi connectivity index (χ1) is 28.4. The Balaban J connectivity index is 0.000000217. The number of amides is 2. The van der Waals surface area contributed by atoms with Gasteiger partial charge in [0.05, 0.1) is 26.4 Å². The number of aromatic nitrogens is 2. The summed E-state index contributed by atoms with van der Waals surface area (Å²) in [5.74, 6) is 2.44. The molecule has 0 radical (unpaired) electrons. The van der Waals surface area contributed by atoms with Gasteiger partial charge in [0.1, 0.15) is 35.2 Å². The molecule has 60 heavy (non-hydrogen) atoms. The molecule has 14 nitrogen and oxygen atoms in total. The van der Waals surface area contributed by atoms with Crippen LogP contribution in [0.25, 0.3) is 11.1 Å². The third kappa shape index (κ3) is 15.8. The molecular formula is C44H57BBrN4O10+. The van der Waals surface area contributed by atoms with Crippen LogP contribution in [0.4, 0.5) is 9.59 Å². The number of likely N-dealkylation sites (tertiary alicyclic amines) is 2. The highest BCUT2D eigenvalue weighted by Crippen LogP contribution is 2.31.